The van der Waals surface area contributed by atoms with Gasteiger partial charge in [0.05, 0.1) is 23.1 Å². The van der Waals surface area contributed by atoms with E-state index < -0.39 is 34.4 Å². The second kappa shape index (κ2) is 6.26. The predicted octanol–water partition coefficient (Wildman–Crippen LogP) is 3.69. The number of ketones is 1. The topological polar surface area (TPSA) is 43.4 Å². The highest BCUT2D eigenvalue weighted by atomic mass is 35.5. The molecule has 0 saturated carbocycles. The van der Waals surface area contributed by atoms with E-state index in [0.29, 0.717) is 6.07 Å². The van der Waals surface area contributed by atoms with Gasteiger partial charge in [-0.3, -0.25) is 4.79 Å². The highest BCUT2D eigenvalue weighted by Gasteiger charge is 2.33. The third kappa shape index (κ3) is 3.72. The summed E-state index contributed by atoms with van der Waals surface area (Å²) in [6.45, 7) is 2.87. The smallest absolute Gasteiger partial charge is 0.416 e. The zero-order chi connectivity index (χ0) is 15.5. The summed E-state index contributed by atoms with van der Waals surface area (Å²) in [5.74, 6) is -1.62. The molecular weight excluding hydrogens is 297 g/mol. The Morgan fingerprint density at radius 2 is 1.90 bits per heavy atom. The summed E-state index contributed by atoms with van der Waals surface area (Å²) in [5, 5.41) is -0.958. The molecule has 0 fully saturated rings. The van der Waals surface area contributed by atoms with Crippen molar-refractivity contribution >= 4 is 23.4 Å². The lowest BCUT2D eigenvalue weighted by Crippen LogP contribution is -2.18. The minimum absolute atomic E-state index is 0.0147. The monoisotopic (exact) mass is 308 g/mol. The Morgan fingerprint density at radius 1 is 1.30 bits per heavy atom. The number of halogens is 4. The number of Topliss-reactive ketones (excluding diaryl/α,β-unsaturated/α-hetero) is 1. The molecule has 0 N–H and O–H groups in total. The quantitative estimate of drug-likeness (QED) is 0.484. The van der Waals surface area contributed by atoms with Crippen LogP contribution >= 0.6 is 11.6 Å². The van der Waals surface area contributed by atoms with Crippen LogP contribution in [0.3, 0.4) is 0 Å². The Balaban J connectivity index is 3.38. The zero-order valence-electron chi connectivity index (χ0n) is 10.8. The summed E-state index contributed by atoms with van der Waals surface area (Å²) in [7, 11) is 0. The highest BCUT2D eigenvalue weighted by molar-refractivity contribution is 6.34. The summed E-state index contributed by atoms with van der Waals surface area (Å²) >= 11 is 5.62. The number of ether oxygens (including phenoxy) is 1. The molecule has 0 heterocycles. The van der Waals surface area contributed by atoms with Crippen LogP contribution < -0.4 is 0 Å². The van der Waals surface area contributed by atoms with Crippen molar-refractivity contribution in [2.45, 2.75) is 25.4 Å². The van der Waals surface area contributed by atoms with Crippen LogP contribution in [-0.4, -0.2) is 23.7 Å². The minimum atomic E-state index is -4.62. The molecule has 0 aliphatic rings. The molecule has 0 aromatic heterocycles. The van der Waals surface area contributed by atoms with E-state index >= 15 is 0 Å². The molecule has 0 spiro atoms. The van der Waals surface area contributed by atoms with Gasteiger partial charge in [-0.15, -0.1) is 11.6 Å². The van der Waals surface area contributed by atoms with Crippen molar-refractivity contribution in [3.05, 3.63) is 34.9 Å². The van der Waals surface area contributed by atoms with Crippen molar-refractivity contribution in [2.75, 3.05) is 6.61 Å². The lowest BCUT2D eigenvalue weighted by Gasteiger charge is -2.13. The van der Waals surface area contributed by atoms with E-state index in [1.807, 2.05) is 0 Å². The molecule has 1 atom stereocenters. The number of hydrogen-bond acceptors (Lipinski definition) is 3. The molecule has 0 aliphatic carbocycles. The molecule has 0 aliphatic heterocycles. The fourth-order valence-electron chi connectivity index (χ4n) is 1.53. The van der Waals surface area contributed by atoms with E-state index in [2.05, 4.69) is 4.74 Å². The summed E-state index contributed by atoms with van der Waals surface area (Å²) in [6, 6.07) is 2.27. The number of carbonyl (C=O) groups excluding carboxylic acids is 2. The third-order valence-electron chi connectivity index (χ3n) is 2.47. The average molecular weight is 309 g/mol. The first-order valence-corrected chi connectivity index (χ1v) is 6.18. The van der Waals surface area contributed by atoms with Crippen LogP contribution in [0.15, 0.2) is 18.2 Å². The molecule has 0 amide bonds. The molecule has 110 valence electrons. The van der Waals surface area contributed by atoms with E-state index in [4.69, 9.17) is 11.6 Å². The maximum absolute atomic E-state index is 12.6. The van der Waals surface area contributed by atoms with Crippen LogP contribution in [-0.2, 0) is 10.9 Å². The van der Waals surface area contributed by atoms with Crippen LogP contribution in [0.5, 0.6) is 0 Å². The van der Waals surface area contributed by atoms with Crippen LogP contribution in [0.2, 0.25) is 0 Å². The van der Waals surface area contributed by atoms with Gasteiger partial charge in [0.1, 0.15) is 0 Å². The van der Waals surface area contributed by atoms with Gasteiger partial charge >= 0.3 is 12.1 Å². The Bertz CT molecular complexity index is 524. The van der Waals surface area contributed by atoms with Crippen molar-refractivity contribution in [3.8, 4) is 0 Å². The van der Waals surface area contributed by atoms with Crippen molar-refractivity contribution in [1.29, 1.82) is 0 Å². The molecule has 1 unspecified atom stereocenters. The molecule has 1 rings (SSSR count). The van der Waals surface area contributed by atoms with E-state index in [9.17, 15) is 22.8 Å². The van der Waals surface area contributed by atoms with Gasteiger partial charge in [0, 0.05) is 5.56 Å². The third-order valence-corrected chi connectivity index (χ3v) is 2.67. The fourth-order valence-corrected chi connectivity index (χ4v) is 1.64. The predicted molar refractivity (Wildman–Crippen MR) is 67.0 cm³/mol. The van der Waals surface area contributed by atoms with Crippen molar-refractivity contribution in [2.24, 2.45) is 0 Å². The fraction of sp³-hybridized carbons (Fsp3) is 0.385. The largest absolute Gasteiger partial charge is 0.462 e. The van der Waals surface area contributed by atoms with Crippen molar-refractivity contribution in [3.63, 3.8) is 0 Å². The molecule has 0 bridgehead atoms. The maximum atomic E-state index is 12.6. The molecule has 0 radical (unpaired) electrons. The number of esters is 1. The molecule has 0 saturated heterocycles. The van der Waals surface area contributed by atoms with Gasteiger partial charge in [0.2, 0.25) is 0 Å². The maximum Gasteiger partial charge on any atom is 0.416 e. The van der Waals surface area contributed by atoms with Crippen LogP contribution in [0.1, 0.15) is 40.1 Å². The van der Waals surface area contributed by atoms with Gasteiger partial charge in [-0.25, -0.2) is 4.79 Å². The number of hydrogen-bond donors (Lipinski definition) is 0. The Hall–Kier alpha value is -1.56. The minimum Gasteiger partial charge on any atom is -0.462 e. The molecular formula is C13H12ClF3O3. The first-order valence-electron chi connectivity index (χ1n) is 5.75. The number of benzene rings is 1. The summed E-state index contributed by atoms with van der Waals surface area (Å²) in [6.07, 6.45) is -4.62. The number of carbonyl (C=O) groups is 2. The van der Waals surface area contributed by atoms with Crippen molar-refractivity contribution in [1.82, 2.24) is 0 Å². The standard InChI is InChI=1S/C13H12ClF3O3/c1-3-20-12(19)10-6-8(13(15,16)17)4-5-9(10)11(18)7(2)14/h4-7H,3H2,1-2H3. The van der Waals surface area contributed by atoms with Gasteiger partial charge < -0.3 is 4.74 Å². The Labute approximate surface area is 118 Å². The molecule has 1 aromatic rings. The molecule has 7 heteroatoms. The normalized spacial score (nSPS) is 12.9. The zero-order valence-corrected chi connectivity index (χ0v) is 11.5. The first kappa shape index (κ1) is 16.5. The first-order chi connectivity index (χ1) is 9.18. The summed E-state index contributed by atoms with van der Waals surface area (Å²) in [5.41, 5.74) is -1.64. The van der Waals surface area contributed by atoms with Crippen molar-refractivity contribution < 1.29 is 27.5 Å². The van der Waals surface area contributed by atoms with Gasteiger partial charge in [0.15, 0.2) is 5.78 Å². The SMILES string of the molecule is CCOC(=O)c1cc(C(F)(F)F)ccc1C(=O)C(C)Cl. The van der Waals surface area contributed by atoms with E-state index in [1.165, 1.54) is 13.8 Å². The van der Waals surface area contributed by atoms with Gasteiger partial charge in [-0.05, 0) is 32.0 Å². The van der Waals surface area contributed by atoms with Gasteiger partial charge in [-0.2, -0.15) is 13.2 Å². The molecule has 3 nitrogen and oxygen atoms in total. The number of rotatable bonds is 4. The average Bonchev–Trinajstić information content (AvgIpc) is 2.36. The highest BCUT2D eigenvalue weighted by Crippen LogP contribution is 2.31. The van der Waals surface area contributed by atoms with E-state index in [-0.39, 0.29) is 12.2 Å². The summed E-state index contributed by atoms with van der Waals surface area (Å²) < 4.78 is 42.6. The van der Waals surface area contributed by atoms with E-state index in [0.717, 1.165) is 12.1 Å². The van der Waals surface area contributed by atoms with Gasteiger partial charge in [0.25, 0.3) is 0 Å². The Kier molecular flexibility index (Phi) is 5.16. The van der Waals surface area contributed by atoms with Crippen LogP contribution in [0.4, 0.5) is 13.2 Å². The number of alkyl halides is 4. The van der Waals surface area contributed by atoms with Gasteiger partial charge in [-0.1, -0.05) is 0 Å². The Morgan fingerprint density at radius 3 is 2.35 bits per heavy atom. The second-order valence-corrected chi connectivity index (χ2v) is 4.61. The van der Waals surface area contributed by atoms with E-state index in [1.54, 1.807) is 0 Å². The second-order valence-electron chi connectivity index (χ2n) is 3.96. The summed E-state index contributed by atoms with van der Waals surface area (Å²) in [4.78, 5) is 23.5. The lowest BCUT2D eigenvalue weighted by molar-refractivity contribution is -0.137. The molecule has 1 aromatic carbocycles. The molecule has 20 heavy (non-hydrogen) atoms. The van der Waals surface area contributed by atoms with Crippen LogP contribution in [0, 0.1) is 0 Å². The van der Waals surface area contributed by atoms with Crippen LogP contribution in [0.25, 0.3) is 0 Å². The lowest BCUT2D eigenvalue weighted by atomic mass is 9.99.